The molecule has 19 heavy (non-hydrogen) atoms. The number of aliphatic carboxylic acids is 1. The summed E-state index contributed by atoms with van der Waals surface area (Å²) in [6.45, 7) is 0. The number of benzene rings is 1. The number of carbonyl (C=O) groups is 1. The fourth-order valence-corrected chi connectivity index (χ4v) is 2.66. The minimum absolute atomic E-state index is 0.0214. The molecule has 1 saturated carbocycles. The molecule has 100 valence electrons. The summed E-state index contributed by atoms with van der Waals surface area (Å²) >= 11 is 0. The number of nitrogens with zero attached hydrogens (tertiary/aromatic N) is 1. The van der Waals surface area contributed by atoms with Crippen LogP contribution in [-0.4, -0.2) is 16.6 Å². The van der Waals surface area contributed by atoms with Crippen molar-refractivity contribution in [3.05, 3.63) is 29.6 Å². The van der Waals surface area contributed by atoms with Crippen LogP contribution in [0.3, 0.4) is 0 Å². The molecule has 0 saturated heterocycles. The van der Waals surface area contributed by atoms with Gasteiger partial charge in [0.1, 0.15) is 5.82 Å². The number of rotatable bonds is 4. The number of carboxylic acids is 1. The van der Waals surface area contributed by atoms with Crippen LogP contribution in [0.2, 0.25) is 0 Å². The summed E-state index contributed by atoms with van der Waals surface area (Å²) in [6.07, 6.45) is 3.31. The number of hydrogen-bond donors (Lipinski definition) is 2. The highest BCUT2D eigenvalue weighted by atomic mass is 19.1. The molecule has 0 aromatic heterocycles. The Morgan fingerprint density at radius 1 is 1.47 bits per heavy atom. The molecule has 1 fully saturated rings. The molecule has 2 N–H and O–H groups in total. The summed E-state index contributed by atoms with van der Waals surface area (Å²) in [4.78, 5) is 11.0. The second-order valence-corrected chi connectivity index (χ2v) is 4.99. The van der Waals surface area contributed by atoms with Crippen LogP contribution in [-0.2, 0) is 4.79 Å². The van der Waals surface area contributed by atoms with E-state index in [1.54, 1.807) is 0 Å². The Morgan fingerprint density at radius 2 is 2.16 bits per heavy atom. The quantitative estimate of drug-likeness (QED) is 0.875. The van der Waals surface area contributed by atoms with E-state index >= 15 is 0 Å². The molecule has 0 heterocycles. The number of carboxylic acid groups (broad SMARTS) is 1. The van der Waals surface area contributed by atoms with E-state index in [-0.39, 0.29) is 17.7 Å². The van der Waals surface area contributed by atoms with Gasteiger partial charge in [-0.3, -0.25) is 4.79 Å². The summed E-state index contributed by atoms with van der Waals surface area (Å²) < 4.78 is 13.8. The van der Waals surface area contributed by atoms with E-state index in [0.717, 1.165) is 31.7 Å². The van der Waals surface area contributed by atoms with E-state index in [1.807, 2.05) is 6.07 Å². The minimum atomic E-state index is -0.886. The van der Waals surface area contributed by atoms with Crippen molar-refractivity contribution in [1.82, 2.24) is 0 Å². The Balaban J connectivity index is 2.22. The number of nitriles is 1. The zero-order chi connectivity index (χ0) is 13.9. The van der Waals surface area contributed by atoms with Gasteiger partial charge in [0.15, 0.2) is 0 Å². The minimum Gasteiger partial charge on any atom is -0.481 e. The Hall–Kier alpha value is -2.09. The molecular formula is C14H15FN2O2. The highest BCUT2D eigenvalue weighted by Gasteiger charge is 2.36. The van der Waals surface area contributed by atoms with Crippen molar-refractivity contribution in [3.63, 3.8) is 0 Å². The van der Waals surface area contributed by atoms with Gasteiger partial charge in [0, 0.05) is 5.54 Å². The average molecular weight is 262 g/mol. The van der Waals surface area contributed by atoms with Crippen molar-refractivity contribution in [2.45, 2.75) is 37.6 Å². The van der Waals surface area contributed by atoms with Crippen molar-refractivity contribution < 1.29 is 14.3 Å². The molecule has 5 heteroatoms. The lowest BCUT2D eigenvalue weighted by Gasteiger charge is -2.30. The average Bonchev–Trinajstić information content (AvgIpc) is 2.79. The van der Waals surface area contributed by atoms with Crippen LogP contribution in [0, 0.1) is 17.1 Å². The van der Waals surface area contributed by atoms with E-state index in [9.17, 15) is 9.18 Å². The van der Waals surface area contributed by atoms with Gasteiger partial charge in [-0.25, -0.2) is 4.39 Å². The van der Waals surface area contributed by atoms with Gasteiger partial charge >= 0.3 is 5.97 Å². The van der Waals surface area contributed by atoms with Gasteiger partial charge in [-0.2, -0.15) is 5.26 Å². The molecule has 0 bridgehead atoms. The lowest BCUT2D eigenvalue weighted by molar-refractivity contribution is -0.138. The molecule has 0 unspecified atom stereocenters. The zero-order valence-electron chi connectivity index (χ0n) is 10.4. The van der Waals surface area contributed by atoms with Crippen molar-refractivity contribution in [2.75, 3.05) is 5.32 Å². The monoisotopic (exact) mass is 262 g/mol. The highest BCUT2D eigenvalue weighted by Crippen LogP contribution is 2.36. The van der Waals surface area contributed by atoms with Gasteiger partial charge in [-0.15, -0.1) is 0 Å². The molecule has 1 aliphatic rings. The van der Waals surface area contributed by atoms with Gasteiger partial charge in [-0.05, 0) is 31.0 Å². The molecule has 1 aliphatic carbocycles. The van der Waals surface area contributed by atoms with Crippen LogP contribution < -0.4 is 5.32 Å². The molecule has 0 aliphatic heterocycles. The second-order valence-electron chi connectivity index (χ2n) is 4.99. The van der Waals surface area contributed by atoms with Crippen molar-refractivity contribution in [3.8, 4) is 6.07 Å². The zero-order valence-corrected chi connectivity index (χ0v) is 10.4. The van der Waals surface area contributed by atoms with Crippen LogP contribution in [0.25, 0.3) is 0 Å². The molecule has 2 rings (SSSR count). The number of hydrogen-bond acceptors (Lipinski definition) is 3. The topological polar surface area (TPSA) is 73.1 Å². The Kier molecular flexibility index (Phi) is 3.70. The molecule has 0 amide bonds. The third-order valence-electron chi connectivity index (χ3n) is 3.55. The molecule has 4 nitrogen and oxygen atoms in total. The molecule has 1 aromatic rings. The number of nitrogens with one attached hydrogen (secondary N) is 1. The molecule has 0 spiro atoms. The molecule has 1 aromatic carbocycles. The maximum atomic E-state index is 13.8. The van der Waals surface area contributed by atoms with Crippen molar-refractivity contribution in [1.29, 1.82) is 5.26 Å². The van der Waals surface area contributed by atoms with Gasteiger partial charge in [0.25, 0.3) is 0 Å². The first-order valence-corrected chi connectivity index (χ1v) is 6.24. The van der Waals surface area contributed by atoms with E-state index < -0.39 is 17.3 Å². The van der Waals surface area contributed by atoms with E-state index in [2.05, 4.69) is 5.32 Å². The molecule has 0 radical (unpaired) electrons. The Labute approximate surface area is 110 Å². The molecular weight excluding hydrogens is 247 g/mol. The maximum absolute atomic E-state index is 13.8. The second kappa shape index (κ2) is 5.27. The summed E-state index contributed by atoms with van der Waals surface area (Å²) in [6, 6.07) is 6.05. The third kappa shape index (κ3) is 3.02. The number of anilines is 1. The van der Waals surface area contributed by atoms with Crippen LogP contribution in [0.15, 0.2) is 18.2 Å². The van der Waals surface area contributed by atoms with Gasteiger partial charge < -0.3 is 10.4 Å². The van der Waals surface area contributed by atoms with Crippen LogP contribution in [0.1, 0.15) is 37.7 Å². The summed E-state index contributed by atoms with van der Waals surface area (Å²) in [5, 5.41) is 20.7. The highest BCUT2D eigenvalue weighted by molar-refractivity contribution is 5.69. The summed E-state index contributed by atoms with van der Waals surface area (Å²) in [5.74, 6) is -1.40. The van der Waals surface area contributed by atoms with Gasteiger partial charge in [0.2, 0.25) is 0 Å². The predicted octanol–water partition coefficient (Wildman–Crippen LogP) is 2.90. The largest absolute Gasteiger partial charge is 0.481 e. The lowest BCUT2D eigenvalue weighted by Crippen LogP contribution is -2.37. The Bertz CT molecular complexity index is 531. The van der Waals surface area contributed by atoms with E-state index in [1.165, 1.54) is 12.1 Å². The SMILES string of the molecule is N#Cc1ccc(NC2(CC(=O)O)CCCC2)c(F)c1. The van der Waals surface area contributed by atoms with Crippen molar-refractivity contribution >= 4 is 11.7 Å². The smallest absolute Gasteiger partial charge is 0.305 e. The fourth-order valence-electron chi connectivity index (χ4n) is 2.66. The van der Waals surface area contributed by atoms with Crippen LogP contribution >= 0.6 is 0 Å². The summed E-state index contributed by atoms with van der Waals surface area (Å²) in [7, 11) is 0. The first kappa shape index (κ1) is 13.3. The third-order valence-corrected chi connectivity index (χ3v) is 3.55. The van der Waals surface area contributed by atoms with Crippen LogP contribution in [0.4, 0.5) is 10.1 Å². The van der Waals surface area contributed by atoms with Crippen molar-refractivity contribution in [2.24, 2.45) is 0 Å². The maximum Gasteiger partial charge on any atom is 0.305 e. The van der Waals surface area contributed by atoms with Gasteiger partial charge in [0.05, 0.1) is 23.7 Å². The number of halogens is 1. The lowest BCUT2D eigenvalue weighted by atomic mass is 9.92. The van der Waals surface area contributed by atoms with E-state index in [0.29, 0.717) is 0 Å². The molecule has 0 atom stereocenters. The Morgan fingerprint density at radius 3 is 2.68 bits per heavy atom. The van der Waals surface area contributed by atoms with Crippen LogP contribution in [0.5, 0.6) is 0 Å². The predicted molar refractivity (Wildman–Crippen MR) is 68.2 cm³/mol. The first-order chi connectivity index (χ1) is 9.04. The van der Waals surface area contributed by atoms with E-state index in [4.69, 9.17) is 10.4 Å². The fraction of sp³-hybridized carbons (Fsp3) is 0.429. The normalized spacial score (nSPS) is 16.8. The summed E-state index contributed by atoms with van der Waals surface area (Å²) in [5.41, 5.74) is -0.0511. The standard InChI is InChI=1S/C14H15FN2O2/c15-11-7-10(9-16)3-4-12(11)17-14(8-13(18)19)5-1-2-6-14/h3-4,7,17H,1-2,5-6,8H2,(H,18,19). The first-order valence-electron chi connectivity index (χ1n) is 6.24. The van der Waals surface area contributed by atoms with Gasteiger partial charge in [-0.1, -0.05) is 12.8 Å².